The maximum absolute atomic E-state index is 12.6. The predicted molar refractivity (Wildman–Crippen MR) is 101 cm³/mol. The molecule has 1 aromatic carbocycles. The molecule has 1 N–H and O–H groups in total. The maximum Gasteiger partial charge on any atom is 0.227 e. The summed E-state index contributed by atoms with van der Waals surface area (Å²) >= 11 is 0. The van der Waals surface area contributed by atoms with E-state index in [1.165, 1.54) is 6.42 Å². The molecule has 1 fully saturated rings. The average Bonchev–Trinajstić information content (AvgIpc) is 2.54. The number of para-hydroxylation sites is 1. The third kappa shape index (κ3) is 6.33. The Bertz CT molecular complexity index is 500. The van der Waals surface area contributed by atoms with Crippen molar-refractivity contribution in [1.82, 2.24) is 10.2 Å². The summed E-state index contributed by atoms with van der Waals surface area (Å²) in [5, 5.41) is 3.21. The van der Waals surface area contributed by atoms with Crippen molar-refractivity contribution in [2.45, 2.75) is 45.6 Å². The van der Waals surface area contributed by atoms with Crippen LogP contribution >= 0.6 is 12.4 Å². The third-order valence-electron chi connectivity index (χ3n) is 4.45. The molecule has 1 heterocycles. The molecule has 5 heteroatoms. The standard InChI is InChI=1S/C19H30N2O2.ClH/c1-15(2)23-18-7-5-4-6-17(18)14-19(22)21-12-9-16(10-13-21)8-11-20-3;/h4-7,15-16,20H,8-14H2,1-3H3;1H. The Hall–Kier alpha value is -1.26. The minimum Gasteiger partial charge on any atom is -0.491 e. The number of rotatable bonds is 7. The summed E-state index contributed by atoms with van der Waals surface area (Å²) in [7, 11) is 2.00. The lowest BCUT2D eigenvalue weighted by Gasteiger charge is -2.32. The number of nitrogens with one attached hydrogen (secondary N) is 1. The van der Waals surface area contributed by atoms with Crippen LogP contribution in [0.4, 0.5) is 0 Å². The molecule has 0 saturated carbocycles. The maximum atomic E-state index is 12.6. The van der Waals surface area contributed by atoms with E-state index in [2.05, 4.69) is 5.32 Å². The number of benzene rings is 1. The molecule has 0 bridgehead atoms. The van der Waals surface area contributed by atoms with Gasteiger partial charge >= 0.3 is 0 Å². The number of amides is 1. The molecule has 0 spiro atoms. The van der Waals surface area contributed by atoms with E-state index in [-0.39, 0.29) is 24.4 Å². The van der Waals surface area contributed by atoms with Gasteiger partial charge in [0, 0.05) is 18.7 Å². The highest BCUT2D eigenvalue weighted by atomic mass is 35.5. The van der Waals surface area contributed by atoms with Crippen molar-refractivity contribution in [2.24, 2.45) is 5.92 Å². The van der Waals surface area contributed by atoms with Gasteiger partial charge in [0.1, 0.15) is 5.75 Å². The fraction of sp³-hybridized carbons (Fsp3) is 0.632. The number of likely N-dealkylation sites (tertiary alicyclic amines) is 1. The van der Waals surface area contributed by atoms with Crippen LogP contribution in [0.2, 0.25) is 0 Å². The van der Waals surface area contributed by atoms with Gasteiger partial charge in [0.25, 0.3) is 0 Å². The second kappa shape index (κ2) is 10.6. The van der Waals surface area contributed by atoms with Gasteiger partial charge in [-0.05, 0) is 58.7 Å². The molecule has 0 radical (unpaired) electrons. The first kappa shape index (κ1) is 20.8. The Balaban J connectivity index is 0.00000288. The molecule has 1 aromatic rings. The number of carbonyl (C=O) groups is 1. The molecule has 1 aliphatic heterocycles. The van der Waals surface area contributed by atoms with Gasteiger partial charge in [0.15, 0.2) is 0 Å². The van der Waals surface area contributed by atoms with Crippen LogP contribution in [-0.4, -0.2) is 43.6 Å². The molecule has 24 heavy (non-hydrogen) atoms. The van der Waals surface area contributed by atoms with E-state index in [0.29, 0.717) is 6.42 Å². The molecule has 0 aliphatic carbocycles. The molecule has 4 nitrogen and oxygen atoms in total. The minimum absolute atomic E-state index is 0. The summed E-state index contributed by atoms with van der Waals surface area (Å²) < 4.78 is 5.82. The van der Waals surface area contributed by atoms with Gasteiger partial charge in [-0.2, -0.15) is 0 Å². The van der Waals surface area contributed by atoms with E-state index in [1.54, 1.807) is 0 Å². The van der Waals surface area contributed by atoms with Gasteiger partial charge in [0.2, 0.25) is 5.91 Å². The molecular weight excluding hydrogens is 324 g/mol. The third-order valence-corrected chi connectivity index (χ3v) is 4.45. The van der Waals surface area contributed by atoms with Crippen LogP contribution in [-0.2, 0) is 11.2 Å². The van der Waals surface area contributed by atoms with Crippen molar-refractivity contribution in [3.8, 4) is 5.75 Å². The van der Waals surface area contributed by atoms with Crippen LogP contribution < -0.4 is 10.1 Å². The van der Waals surface area contributed by atoms with Gasteiger partial charge in [-0.15, -0.1) is 12.4 Å². The minimum atomic E-state index is 0. The second-order valence-electron chi connectivity index (χ2n) is 6.67. The lowest BCUT2D eigenvalue weighted by molar-refractivity contribution is -0.131. The highest BCUT2D eigenvalue weighted by Crippen LogP contribution is 2.23. The lowest BCUT2D eigenvalue weighted by Crippen LogP contribution is -2.39. The van der Waals surface area contributed by atoms with Gasteiger partial charge in [-0.25, -0.2) is 0 Å². The Kier molecular flexibility index (Phi) is 9.16. The number of hydrogen-bond acceptors (Lipinski definition) is 3. The summed E-state index contributed by atoms with van der Waals surface area (Å²) in [4.78, 5) is 14.6. The normalized spacial score (nSPS) is 15.2. The molecule has 0 atom stereocenters. The largest absolute Gasteiger partial charge is 0.491 e. The van der Waals surface area contributed by atoms with Crippen LogP contribution in [0.5, 0.6) is 5.75 Å². The van der Waals surface area contributed by atoms with Crippen molar-refractivity contribution >= 4 is 18.3 Å². The zero-order valence-corrected chi connectivity index (χ0v) is 15.9. The Labute approximate surface area is 152 Å². The van der Waals surface area contributed by atoms with Crippen molar-refractivity contribution in [3.05, 3.63) is 29.8 Å². The molecule has 1 saturated heterocycles. The Morgan fingerprint density at radius 2 is 1.96 bits per heavy atom. The zero-order valence-electron chi connectivity index (χ0n) is 15.1. The number of ether oxygens (including phenoxy) is 1. The topological polar surface area (TPSA) is 41.6 Å². The smallest absolute Gasteiger partial charge is 0.227 e. The predicted octanol–water partition coefficient (Wildman–Crippen LogP) is 3.29. The summed E-state index contributed by atoms with van der Waals surface area (Å²) in [6, 6.07) is 7.88. The van der Waals surface area contributed by atoms with Crippen LogP contribution in [0.1, 0.15) is 38.7 Å². The fourth-order valence-corrected chi connectivity index (χ4v) is 3.11. The van der Waals surface area contributed by atoms with Crippen LogP contribution in [0, 0.1) is 5.92 Å². The number of carbonyl (C=O) groups excluding carboxylic acids is 1. The molecule has 136 valence electrons. The van der Waals surface area contributed by atoms with E-state index in [9.17, 15) is 4.79 Å². The fourth-order valence-electron chi connectivity index (χ4n) is 3.11. The molecule has 1 amide bonds. The number of nitrogens with zero attached hydrogens (tertiary/aromatic N) is 1. The summed E-state index contributed by atoms with van der Waals surface area (Å²) in [6.45, 7) is 6.86. The average molecular weight is 355 g/mol. The Morgan fingerprint density at radius 1 is 1.29 bits per heavy atom. The molecule has 2 rings (SSSR count). The zero-order chi connectivity index (χ0) is 16.7. The highest BCUT2D eigenvalue weighted by molar-refractivity contribution is 5.85. The van der Waals surface area contributed by atoms with Gasteiger partial charge in [0.05, 0.1) is 12.5 Å². The van der Waals surface area contributed by atoms with Crippen molar-refractivity contribution in [1.29, 1.82) is 0 Å². The molecule has 1 aliphatic rings. The van der Waals surface area contributed by atoms with Crippen molar-refractivity contribution in [3.63, 3.8) is 0 Å². The summed E-state index contributed by atoms with van der Waals surface area (Å²) in [5.41, 5.74) is 0.989. The quantitative estimate of drug-likeness (QED) is 0.817. The van der Waals surface area contributed by atoms with Gasteiger partial charge < -0.3 is 15.0 Å². The number of piperidine rings is 1. The molecule has 0 unspecified atom stereocenters. The first-order valence-electron chi connectivity index (χ1n) is 8.77. The monoisotopic (exact) mass is 354 g/mol. The van der Waals surface area contributed by atoms with Crippen LogP contribution in [0.3, 0.4) is 0 Å². The van der Waals surface area contributed by atoms with E-state index >= 15 is 0 Å². The molecule has 0 aromatic heterocycles. The van der Waals surface area contributed by atoms with E-state index in [1.807, 2.05) is 50.1 Å². The summed E-state index contributed by atoms with van der Waals surface area (Å²) in [6.07, 6.45) is 4.01. The Morgan fingerprint density at radius 3 is 2.58 bits per heavy atom. The van der Waals surface area contributed by atoms with Gasteiger partial charge in [-0.1, -0.05) is 18.2 Å². The second-order valence-corrected chi connectivity index (χ2v) is 6.67. The van der Waals surface area contributed by atoms with Gasteiger partial charge in [-0.3, -0.25) is 4.79 Å². The SMILES string of the molecule is CNCCC1CCN(C(=O)Cc2ccccc2OC(C)C)CC1.Cl. The first-order chi connectivity index (χ1) is 11.1. The first-order valence-corrected chi connectivity index (χ1v) is 8.77. The number of halogens is 1. The number of hydrogen-bond donors (Lipinski definition) is 1. The highest BCUT2D eigenvalue weighted by Gasteiger charge is 2.23. The molecular formula is C19H31ClN2O2. The van der Waals surface area contributed by atoms with E-state index < -0.39 is 0 Å². The lowest BCUT2D eigenvalue weighted by atomic mass is 9.93. The van der Waals surface area contributed by atoms with E-state index in [4.69, 9.17) is 4.74 Å². The van der Waals surface area contributed by atoms with Crippen molar-refractivity contribution in [2.75, 3.05) is 26.7 Å². The van der Waals surface area contributed by atoms with E-state index in [0.717, 1.165) is 49.7 Å². The summed E-state index contributed by atoms with van der Waals surface area (Å²) in [5.74, 6) is 1.81. The van der Waals surface area contributed by atoms with Crippen molar-refractivity contribution < 1.29 is 9.53 Å². The van der Waals surface area contributed by atoms with Crippen LogP contribution in [0.25, 0.3) is 0 Å². The van der Waals surface area contributed by atoms with Crippen LogP contribution in [0.15, 0.2) is 24.3 Å².